The van der Waals surface area contributed by atoms with Gasteiger partial charge in [-0.25, -0.2) is 0 Å². The second-order valence-electron chi connectivity index (χ2n) is 5.08. The average molecular weight is 338 g/mol. The second-order valence-corrected chi connectivity index (χ2v) is 7.27. The Labute approximate surface area is 128 Å². The van der Waals surface area contributed by atoms with E-state index in [0.717, 1.165) is 6.54 Å². The first-order valence-electron chi connectivity index (χ1n) is 6.52. The minimum absolute atomic E-state index is 0.376. The first kappa shape index (κ1) is 14.8. The average Bonchev–Trinajstić information content (AvgIpc) is 2.69. The summed E-state index contributed by atoms with van der Waals surface area (Å²) in [5.41, 5.74) is 4.07. The Morgan fingerprint density at radius 3 is 2.58 bits per heavy atom. The lowest BCUT2D eigenvalue weighted by molar-refractivity contribution is 0.576. The fraction of sp³-hybridized carbons (Fsp3) is 0.375. The van der Waals surface area contributed by atoms with E-state index in [2.05, 4.69) is 73.2 Å². The van der Waals surface area contributed by atoms with Gasteiger partial charge in [-0.05, 0) is 60.8 Å². The summed E-state index contributed by atoms with van der Waals surface area (Å²) in [7, 11) is 0. The van der Waals surface area contributed by atoms with Crippen molar-refractivity contribution < 1.29 is 0 Å². The standard InChI is InChI=1S/C16H20BrNS/c1-10-5-6-11(2)15(7-10)12(3)18-9-14-8-16(17)13(4)19-14/h5-8,12,18H,9H2,1-4H3. The SMILES string of the molecule is Cc1ccc(C)c(C(C)NCc2cc(Br)c(C)s2)c1. The molecule has 2 rings (SSSR count). The lowest BCUT2D eigenvalue weighted by Gasteiger charge is -2.17. The van der Waals surface area contributed by atoms with Crippen molar-refractivity contribution in [2.45, 2.75) is 40.3 Å². The first-order chi connectivity index (χ1) is 8.97. The number of thiophene rings is 1. The molecule has 0 fully saturated rings. The fourth-order valence-corrected chi connectivity index (χ4v) is 3.75. The van der Waals surface area contributed by atoms with Crippen molar-refractivity contribution in [3.63, 3.8) is 0 Å². The highest BCUT2D eigenvalue weighted by atomic mass is 79.9. The summed E-state index contributed by atoms with van der Waals surface area (Å²) >= 11 is 5.42. The van der Waals surface area contributed by atoms with E-state index in [1.807, 2.05) is 11.3 Å². The van der Waals surface area contributed by atoms with Crippen molar-refractivity contribution in [3.8, 4) is 0 Å². The van der Waals surface area contributed by atoms with Crippen LogP contribution in [-0.4, -0.2) is 0 Å². The fourth-order valence-electron chi connectivity index (χ4n) is 2.19. The predicted octanol–water partition coefficient (Wildman–Crippen LogP) is 5.29. The third kappa shape index (κ3) is 3.68. The maximum absolute atomic E-state index is 3.61. The van der Waals surface area contributed by atoms with Crippen LogP contribution in [0.3, 0.4) is 0 Å². The first-order valence-corrected chi connectivity index (χ1v) is 8.13. The van der Waals surface area contributed by atoms with Gasteiger partial charge in [0.2, 0.25) is 0 Å². The number of hydrogen-bond donors (Lipinski definition) is 1. The van der Waals surface area contributed by atoms with Gasteiger partial charge >= 0.3 is 0 Å². The number of aryl methyl sites for hydroxylation is 3. The molecule has 2 aromatic rings. The van der Waals surface area contributed by atoms with Gasteiger partial charge in [0, 0.05) is 26.8 Å². The van der Waals surface area contributed by atoms with Gasteiger partial charge in [-0.15, -0.1) is 11.3 Å². The lowest BCUT2D eigenvalue weighted by atomic mass is 10.00. The summed E-state index contributed by atoms with van der Waals surface area (Å²) in [6.07, 6.45) is 0. The van der Waals surface area contributed by atoms with Crippen LogP contribution >= 0.6 is 27.3 Å². The largest absolute Gasteiger partial charge is 0.305 e. The van der Waals surface area contributed by atoms with E-state index in [4.69, 9.17) is 0 Å². The molecule has 1 heterocycles. The van der Waals surface area contributed by atoms with Gasteiger partial charge in [-0.1, -0.05) is 23.8 Å². The van der Waals surface area contributed by atoms with Gasteiger partial charge in [0.1, 0.15) is 0 Å². The van der Waals surface area contributed by atoms with Crippen LogP contribution in [0.15, 0.2) is 28.7 Å². The number of rotatable bonds is 4. The Kier molecular flexibility index (Phi) is 4.82. The third-order valence-corrected chi connectivity index (χ3v) is 5.53. The molecule has 0 radical (unpaired) electrons. The maximum atomic E-state index is 3.61. The van der Waals surface area contributed by atoms with E-state index in [9.17, 15) is 0 Å². The van der Waals surface area contributed by atoms with Crippen LogP contribution in [0.5, 0.6) is 0 Å². The Bertz CT molecular complexity index is 555. The van der Waals surface area contributed by atoms with Crippen molar-refractivity contribution in [1.29, 1.82) is 0 Å². The van der Waals surface area contributed by atoms with Crippen LogP contribution in [0, 0.1) is 20.8 Å². The Morgan fingerprint density at radius 1 is 1.21 bits per heavy atom. The predicted molar refractivity (Wildman–Crippen MR) is 87.9 cm³/mol. The number of halogens is 1. The molecule has 1 aromatic carbocycles. The highest BCUT2D eigenvalue weighted by Gasteiger charge is 2.09. The Hall–Kier alpha value is -0.640. The van der Waals surface area contributed by atoms with Crippen LogP contribution in [0.2, 0.25) is 0 Å². The monoisotopic (exact) mass is 337 g/mol. The van der Waals surface area contributed by atoms with Crippen LogP contribution in [0.25, 0.3) is 0 Å². The van der Waals surface area contributed by atoms with Gasteiger partial charge in [0.25, 0.3) is 0 Å². The molecule has 0 saturated carbocycles. The molecule has 0 saturated heterocycles. The van der Waals surface area contributed by atoms with E-state index in [0.29, 0.717) is 6.04 Å². The third-order valence-electron chi connectivity index (χ3n) is 3.39. The smallest absolute Gasteiger partial charge is 0.0314 e. The van der Waals surface area contributed by atoms with E-state index in [1.165, 1.54) is 30.9 Å². The van der Waals surface area contributed by atoms with Gasteiger partial charge < -0.3 is 5.32 Å². The normalized spacial score (nSPS) is 12.7. The molecule has 0 spiro atoms. The number of benzene rings is 1. The Morgan fingerprint density at radius 2 is 1.95 bits per heavy atom. The second kappa shape index (κ2) is 6.21. The van der Waals surface area contributed by atoms with E-state index < -0.39 is 0 Å². The molecule has 1 atom stereocenters. The molecule has 1 N–H and O–H groups in total. The molecule has 1 unspecified atom stereocenters. The lowest BCUT2D eigenvalue weighted by Crippen LogP contribution is -2.18. The van der Waals surface area contributed by atoms with Crippen molar-refractivity contribution in [1.82, 2.24) is 5.32 Å². The molecule has 1 aromatic heterocycles. The van der Waals surface area contributed by atoms with Crippen LogP contribution < -0.4 is 5.32 Å². The molecule has 0 aliphatic carbocycles. The summed E-state index contributed by atoms with van der Waals surface area (Å²) in [6, 6.07) is 9.24. The minimum atomic E-state index is 0.376. The van der Waals surface area contributed by atoms with Gasteiger partial charge in [0.05, 0.1) is 0 Å². The number of hydrogen-bond acceptors (Lipinski definition) is 2. The van der Waals surface area contributed by atoms with E-state index >= 15 is 0 Å². The summed E-state index contributed by atoms with van der Waals surface area (Å²) in [4.78, 5) is 2.72. The summed E-state index contributed by atoms with van der Waals surface area (Å²) in [5.74, 6) is 0. The molecule has 19 heavy (non-hydrogen) atoms. The van der Waals surface area contributed by atoms with Crippen molar-refractivity contribution in [3.05, 3.63) is 55.2 Å². The molecule has 102 valence electrons. The maximum Gasteiger partial charge on any atom is 0.0314 e. The zero-order valence-corrected chi connectivity index (χ0v) is 14.3. The summed E-state index contributed by atoms with van der Waals surface area (Å²) < 4.78 is 1.22. The van der Waals surface area contributed by atoms with Crippen LogP contribution in [-0.2, 0) is 6.54 Å². The zero-order chi connectivity index (χ0) is 14.0. The highest BCUT2D eigenvalue weighted by Crippen LogP contribution is 2.27. The molecule has 0 bridgehead atoms. The van der Waals surface area contributed by atoms with Crippen LogP contribution in [0.1, 0.15) is 39.4 Å². The molecule has 0 aliphatic heterocycles. The van der Waals surface area contributed by atoms with Gasteiger partial charge in [0.15, 0.2) is 0 Å². The molecule has 3 heteroatoms. The van der Waals surface area contributed by atoms with E-state index in [1.54, 1.807) is 0 Å². The van der Waals surface area contributed by atoms with Crippen LogP contribution in [0.4, 0.5) is 0 Å². The van der Waals surface area contributed by atoms with Crippen molar-refractivity contribution >= 4 is 27.3 Å². The molecule has 0 amide bonds. The van der Waals surface area contributed by atoms with Crippen molar-refractivity contribution in [2.24, 2.45) is 0 Å². The molecule has 0 aliphatic rings. The van der Waals surface area contributed by atoms with Crippen molar-refractivity contribution in [2.75, 3.05) is 0 Å². The minimum Gasteiger partial charge on any atom is -0.305 e. The Balaban J connectivity index is 2.04. The zero-order valence-electron chi connectivity index (χ0n) is 11.9. The van der Waals surface area contributed by atoms with E-state index in [-0.39, 0.29) is 0 Å². The number of nitrogens with one attached hydrogen (secondary N) is 1. The molecule has 1 nitrogen and oxygen atoms in total. The summed E-state index contributed by atoms with van der Waals surface area (Å²) in [6.45, 7) is 9.63. The topological polar surface area (TPSA) is 12.0 Å². The quantitative estimate of drug-likeness (QED) is 0.799. The highest BCUT2D eigenvalue weighted by molar-refractivity contribution is 9.10. The molecular weight excluding hydrogens is 318 g/mol. The van der Waals surface area contributed by atoms with Gasteiger partial charge in [-0.3, -0.25) is 0 Å². The summed E-state index contributed by atoms with van der Waals surface area (Å²) in [5, 5.41) is 3.61. The molecular formula is C16H20BrNS. The van der Waals surface area contributed by atoms with Gasteiger partial charge in [-0.2, -0.15) is 0 Å².